The number of fused-ring (bicyclic) bond motifs is 3. The second-order valence-electron chi connectivity index (χ2n) is 6.38. The van der Waals surface area contributed by atoms with Crippen LogP contribution in [0.2, 0.25) is 0 Å². The van der Waals surface area contributed by atoms with Crippen LogP contribution in [-0.4, -0.2) is 40.9 Å². The van der Waals surface area contributed by atoms with Gasteiger partial charge in [-0.3, -0.25) is 0 Å². The lowest BCUT2D eigenvalue weighted by Gasteiger charge is -2.13. The van der Waals surface area contributed by atoms with Gasteiger partial charge >= 0.3 is 0 Å². The van der Waals surface area contributed by atoms with E-state index in [4.69, 9.17) is 14.2 Å². The molecule has 2 heterocycles. The summed E-state index contributed by atoms with van der Waals surface area (Å²) in [4.78, 5) is 9.06. The quantitative estimate of drug-likeness (QED) is 0.498. The van der Waals surface area contributed by atoms with Crippen LogP contribution in [0.1, 0.15) is 11.4 Å². The van der Waals surface area contributed by atoms with Gasteiger partial charge in [0.25, 0.3) is 0 Å². The third-order valence-electron chi connectivity index (χ3n) is 4.66. The summed E-state index contributed by atoms with van der Waals surface area (Å²) in [6.07, 6.45) is 1.52. The molecule has 0 aliphatic rings. The number of hydrogen-bond donors (Lipinski definition) is 1. The summed E-state index contributed by atoms with van der Waals surface area (Å²) in [7, 11) is 4.66. The van der Waals surface area contributed by atoms with E-state index in [1.807, 2.05) is 12.1 Å². The van der Waals surface area contributed by atoms with Crippen molar-refractivity contribution in [2.24, 2.45) is 0 Å². The van der Waals surface area contributed by atoms with Crippen LogP contribution in [-0.2, 0) is 6.54 Å². The van der Waals surface area contributed by atoms with Crippen LogP contribution in [0.4, 0.5) is 10.3 Å². The first kappa shape index (κ1) is 19.4. The Morgan fingerprint density at radius 3 is 2.57 bits per heavy atom. The summed E-state index contributed by atoms with van der Waals surface area (Å²) >= 11 is 0. The van der Waals surface area contributed by atoms with Gasteiger partial charge in [-0.25, -0.2) is 14.4 Å². The Morgan fingerprint density at radius 1 is 1.07 bits per heavy atom. The van der Waals surface area contributed by atoms with Crippen molar-refractivity contribution in [1.82, 2.24) is 19.6 Å². The molecule has 0 bridgehead atoms. The smallest absolute Gasteiger partial charge is 0.226 e. The lowest BCUT2D eigenvalue weighted by atomic mass is 10.2. The van der Waals surface area contributed by atoms with Gasteiger partial charge in [0.05, 0.1) is 26.7 Å². The molecule has 2 aromatic heterocycles. The van der Waals surface area contributed by atoms with E-state index in [2.05, 4.69) is 27.0 Å². The third kappa shape index (κ3) is 3.34. The zero-order valence-corrected chi connectivity index (χ0v) is 16.8. The Morgan fingerprint density at radius 2 is 1.87 bits per heavy atom. The molecule has 0 atom stereocenters. The van der Waals surface area contributed by atoms with Crippen molar-refractivity contribution in [3.05, 3.63) is 54.1 Å². The van der Waals surface area contributed by atoms with Gasteiger partial charge < -0.3 is 19.5 Å². The Balaban J connectivity index is 1.83. The average molecular weight is 409 g/mol. The summed E-state index contributed by atoms with van der Waals surface area (Å²) in [5, 5.41) is 8.14. The van der Waals surface area contributed by atoms with Crippen molar-refractivity contribution >= 4 is 28.6 Å². The maximum absolute atomic E-state index is 14.1. The maximum Gasteiger partial charge on any atom is 0.226 e. The van der Waals surface area contributed by atoms with Gasteiger partial charge in [0.15, 0.2) is 11.5 Å². The van der Waals surface area contributed by atoms with Crippen LogP contribution in [0.5, 0.6) is 17.2 Å². The van der Waals surface area contributed by atoms with E-state index in [-0.39, 0.29) is 0 Å². The number of nitrogens with zero attached hydrogens (tertiary/aromatic N) is 4. The minimum absolute atomic E-state index is 0.306. The summed E-state index contributed by atoms with van der Waals surface area (Å²) in [6, 6.07) is 8.19. The zero-order valence-electron chi connectivity index (χ0n) is 16.8. The number of aromatic nitrogens is 4. The molecule has 0 aliphatic heterocycles. The fourth-order valence-corrected chi connectivity index (χ4v) is 3.19. The highest BCUT2D eigenvalue weighted by Crippen LogP contribution is 2.30. The second-order valence-corrected chi connectivity index (χ2v) is 6.38. The molecule has 9 heteroatoms. The molecule has 0 fully saturated rings. The van der Waals surface area contributed by atoms with Crippen LogP contribution in [0.25, 0.3) is 22.6 Å². The van der Waals surface area contributed by atoms with E-state index in [0.29, 0.717) is 52.1 Å². The molecular weight excluding hydrogens is 389 g/mol. The predicted molar refractivity (Wildman–Crippen MR) is 112 cm³/mol. The Hall–Kier alpha value is -3.88. The van der Waals surface area contributed by atoms with Crippen molar-refractivity contribution in [3.63, 3.8) is 0 Å². The highest BCUT2D eigenvalue weighted by atomic mass is 19.1. The summed E-state index contributed by atoms with van der Waals surface area (Å²) in [6.45, 7) is 4.11. The Kier molecular flexibility index (Phi) is 5.09. The van der Waals surface area contributed by atoms with E-state index >= 15 is 0 Å². The second kappa shape index (κ2) is 7.86. The first-order chi connectivity index (χ1) is 14.6. The van der Waals surface area contributed by atoms with Gasteiger partial charge in [-0.05, 0) is 24.3 Å². The normalized spacial score (nSPS) is 10.9. The van der Waals surface area contributed by atoms with Crippen molar-refractivity contribution < 1.29 is 18.6 Å². The number of ether oxygens (including phenoxy) is 3. The molecule has 0 spiro atoms. The summed E-state index contributed by atoms with van der Waals surface area (Å²) in [5.41, 5.74) is 1.80. The number of anilines is 1. The largest absolute Gasteiger partial charge is 0.497 e. The molecule has 0 saturated heterocycles. The fraction of sp³-hybridized carbons (Fsp3) is 0.190. The highest BCUT2D eigenvalue weighted by molar-refractivity contribution is 5.96. The first-order valence-electron chi connectivity index (χ1n) is 9.09. The topological polar surface area (TPSA) is 82.8 Å². The van der Waals surface area contributed by atoms with Crippen LogP contribution in [0.15, 0.2) is 36.9 Å². The SMILES string of the molecule is C=Cc1nc2c3cc(F)cc(OC)c3nc(NCc3ccc(OC)cc3OC)n2n1. The number of hydrogen-bond acceptors (Lipinski definition) is 7. The van der Waals surface area contributed by atoms with E-state index in [1.54, 1.807) is 20.3 Å². The van der Waals surface area contributed by atoms with Gasteiger partial charge in [-0.15, -0.1) is 5.10 Å². The molecule has 2 aromatic carbocycles. The molecule has 8 nitrogen and oxygen atoms in total. The molecule has 0 unspecified atom stereocenters. The maximum atomic E-state index is 14.1. The van der Waals surface area contributed by atoms with E-state index in [1.165, 1.54) is 29.8 Å². The Bertz CT molecular complexity index is 1250. The van der Waals surface area contributed by atoms with Gasteiger partial charge in [-0.2, -0.15) is 4.52 Å². The molecule has 4 aromatic rings. The predicted octanol–water partition coefficient (Wildman–Crippen LogP) is 3.70. The minimum atomic E-state index is -0.449. The lowest BCUT2D eigenvalue weighted by Crippen LogP contribution is -2.09. The monoisotopic (exact) mass is 409 g/mol. The number of halogens is 1. The molecule has 154 valence electrons. The minimum Gasteiger partial charge on any atom is -0.497 e. The third-order valence-corrected chi connectivity index (χ3v) is 4.66. The van der Waals surface area contributed by atoms with Crippen LogP contribution in [0.3, 0.4) is 0 Å². The highest BCUT2D eigenvalue weighted by Gasteiger charge is 2.17. The van der Waals surface area contributed by atoms with Crippen LogP contribution in [0, 0.1) is 5.82 Å². The van der Waals surface area contributed by atoms with Crippen LogP contribution < -0.4 is 19.5 Å². The molecular formula is C21H20FN5O3. The Labute approximate surface area is 171 Å². The summed E-state index contributed by atoms with van der Waals surface area (Å²) < 4.78 is 31.6. The molecule has 30 heavy (non-hydrogen) atoms. The van der Waals surface area contributed by atoms with E-state index in [9.17, 15) is 4.39 Å². The van der Waals surface area contributed by atoms with E-state index in [0.717, 1.165) is 5.56 Å². The number of nitrogens with one attached hydrogen (secondary N) is 1. The lowest BCUT2D eigenvalue weighted by molar-refractivity contribution is 0.391. The number of rotatable bonds is 7. The summed E-state index contributed by atoms with van der Waals surface area (Å²) in [5.74, 6) is 2.04. The molecule has 0 radical (unpaired) electrons. The molecule has 0 aliphatic carbocycles. The van der Waals surface area contributed by atoms with Crippen molar-refractivity contribution in [3.8, 4) is 17.2 Å². The number of benzene rings is 2. The van der Waals surface area contributed by atoms with Gasteiger partial charge in [0.1, 0.15) is 28.6 Å². The van der Waals surface area contributed by atoms with Crippen molar-refractivity contribution in [2.75, 3.05) is 26.6 Å². The standard InChI is InChI=1S/C21H20FN5O3/c1-5-18-24-20-15-8-13(22)9-17(30-4)19(15)25-21(27(20)26-18)23-11-12-6-7-14(28-2)10-16(12)29-3/h5-10H,1,11H2,2-4H3,(H,23,25). The van der Waals surface area contributed by atoms with Gasteiger partial charge in [0, 0.05) is 24.2 Å². The van der Waals surface area contributed by atoms with Gasteiger partial charge in [-0.1, -0.05) is 6.58 Å². The zero-order chi connectivity index (χ0) is 21.3. The molecule has 0 saturated carbocycles. The number of methoxy groups -OCH3 is 3. The van der Waals surface area contributed by atoms with E-state index < -0.39 is 5.82 Å². The van der Waals surface area contributed by atoms with Crippen molar-refractivity contribution in [1.29, 1.82) is 0 Å². The average Bonchev–Trinajstić information content (AvgIpc) is 3.22. The molecule has 4 rings (SSSR count). The van der Waals surface area contributed by atoms with Gasteiger partial charge in [0.2, 0.25) is 5.95 Å². The molecule has 0 amide bonds. The molecule has 1 N–H and O–H groups in total. The van der Waals surface area contributed by atoms with Crippen LogP contribution >= 0.6 is 0 Å². The van der Waals surface area contributed by atoms with Crippen molar-refractivity contribution in [2.45, 2.75) is 6.54 Å². The fourth-order valence-electron chi connectivity index (χ4n) is 3.19. The first-order valence-corrected chi connectivity index (χ1v) is 9.09.